The van der Waals surface area contributed by atoms with Gasteiger partial charge in [-0.1, -0.05) is 71.0 Å². The lowest BCUT2D eigenvalue weighted by Crippen LogP contribution is -2.78. The van der Waals surface area contributed by atoms with E-state index < -0.39 is 133 Å². The van der Waals surface area contributed by atoms with Crippen LogP contribution in [-0.4, -0.2) is 5.87 Å². The summed E-state index contributed by atoms with van der Waals surface area (Å²) in [6.07, 6.45) is 0. The third-order valence-corrected chi connectivity index (χ3v) is 14.3. The Morgan fingerprint density at radius 3 is 0.604 bits per heavy atom. The smallest absolute Gasteiger partial charge is 0.207 e. The van der Waals surface area contributed by atoms with E-state index in [0.29, 0.717) is 0 Å². The molecule has 0 amide bonds. The van der Waals surface area contributed by atoms with Crippen molar-refractivity contribution in [2.45, 2.75) is 0 Å². The second kappa shape index (κ2) is 13.6. The average Bonchev–Trinajstić information content (AvgIpc) is 3.17. The number of hydrogen-bond acceptors (Lipinski definition) is 0. The van der Waals surface area contributed by atoms with Gasteiger partial charge in [0.2, 0.25) is 0 Å². The summed E-state index contributed by atoms with van der Waals surface area (Å²) in [6.45, 7) is 0. The van der Waals surface area contributed by atoms with Crippen molar-refractivity contribution in [3.8, 4) is 0 Å². The summed E-state index contributed by atoms with van der Waals surface area (Å²) in [5, 5.41) is -1.77. The lowest BCUT2D eigenvalue weighted by Gasteiger charge is -2.52. The molecule has 0 heterocycles. The Kier molecular flexibility index (Phi) is 9.65. The first-order valence-electron chi connectivity index (χ1n) is 14.9. The summed E-state index contributed by atoms with van der Waals surface area (Å²) in [4.78, 5) is 0. The van der Waals surface area contributed by atoms with Gasteiger partial charge in [-0.15, -0.1) is 0 Å². The molecule has 0 saturated heterocycles. The number of rotatable bonds is 7. The van der Waals surface area contributed by atoms with Gasteiger partial charge in [-0.2, -0.15) is 0 Å². The third-order valence-electron chi connectivity index (χ3n) is 9.06. The molecule has 0 aliphatic carbocycles. The minimum atomic E-state index is -6.03. The molecule has 0 spiro atoms. The van der Waals surface area contributed by atoms with Gasteiger partial charge in [-0.05, 0) is 43.5 Å². The highest BCUT2D eigenvalue weighted by Crippen LogP contribution is 2.64. The van der Waals surface area contributed by atoms with E-state index in [4.69, 9.17) is 0 Å². The molecule has 0 unspecified atom stereocenters. The Labute approximate surface area is 289 Å². The van der Waals surface area contributed by atoms with Gasteiger partial charge in [0.1, 0.15) is 34.9 Å². The molecule has 0 aliphatic heterocycles. The van der Waals surface area contributed by atoms with Crippen LogP contribution in [0.4, 0.5) is 65.9 Å². The summed E-state index contributed by atoms with van der Waals surface area (Å²) in [6, 6.07) is 16.1. The van der Waals surface area contributed by atoms with Crippen molar-refractivity contribution < 1.29 is 65.9 Å². The Balaban J connectivity index is 2.22. The number of hydrogen-bond donors (Lipinski definition) is 0. The molecule has 0 aliphatic rings. The van der Waals surface area contributed by atoms with Crippen LogP contribution in [0.15, 0.2) is 91.0 Å². The lowest BCUT2D eigenvalue weighted by molar-refractivity contribution is 0.380. The van der Waals surface area contributed by atoms with Crippen molar-refractivity contribution >= 4 is 45.3 Å². The van der Waals surface area contributed by atoms with E-state index in [-0.39, 0.29) is 0 Å². The lowest BCUT2D eigenvalue weighted by atomic mass is 9.33. The second-order valence-corrected chi connectivity index (χ2v) is 15.3. The SMILES string of the molecule is Fc1c(F)c(F)c([B-](c2c(F)c(F)c(F)c(F)c2F)(c2c(F)c(F)c(F)c(F)c2F)[P+](c2ccccc2)(c2ccccc2)c2ccccc2)c(F)c1F. The predicted molar refractivity (Wildman–Crippen MR) is 168 cm³/mol. The largest absolute Gasteiger partial charge is 0.279 e. The van der Waals surface area contributed by atoms with Gasteiger partial charge in [0.25, 0.3) is 5.87 Å². The van der Waals surface area contributed by atoms with Gasteiger partial charge >= 0.3 is 0 Å². The van der Waals surface area contributed by atoms with Crippen LogP contribution in [0.2, 0.25) is 0 Å². The minimum absolute atomic E-state index is 0.589. The van der Waals surface area contributed by atoms with E-state index in [0.717, 1.165) is 72.8 Å². The van der Waals surface area contributed by atoms with Crippen LogP contribution in [0.1, 0.15) is 0 Å². The second-order valence-electron chi connectivity index (χ2n) is 11.5. The zero-order valence-electron chi connectivity index (χ0n) is 25.9. The van der Waals surface area contributed by atoms with Crippen molar-refractivity contribution in [3.63, 3.8) is 0 Å². The standard InChI is InChI=1S/C36H15BF15P/c38-22-19(23(39)29(45)34(50)28(22)44)37(20-24(40)30(46)35(51)31(47)25(20)41,21-26(42)32(48)36(52)33(49)27(21)43)53(16-10-4-1-5-11-16,17-12-6-2-7-13-17)18-14-8-3-9-15-18/h1-15H. The molecule has 0 nitrogen and oxygen atoms in total. The molecule has 0 saturated carbocycles. The first-order valence-corrected chi connectivity index (χ1v) is 16.7. The third kappa shape index (κ3) is 5.08. The van der Waals surface area contributed by atoms with E-state index >= 15 is 52.7 Å². The molecule has 6 rings (SSSR count). The van der Waals surface area contributed by atoms with Crippen LogP contribution < -0.4 is 32.3 Å². The zero-order chi connectivity index (χ0) is 38.7. The van der Waals surface area contributed by atoms with Gasteiger partial charge in [-0.3, -0.25) is 0 Å². The number of benzene rings is 6. The van der Waals surface area contributed by atoms with E-state index in [1.807, 2.05) is 0 Å². The maximum Gasteiger partial charge on any atom is 0.279 e. The van der Waals surface area contributed by atoms with Crippen molar-refractivity contribution in [3.05, 3.63) is 178 Å². The van der Waals surface area contributed by atoms with Gasteiger partial charge < -0.3 is 0 Å². The molecule has 0 aromatic heterocycles. The highest BCUT2D eigenvalue weighted by atomic mass is 31.2. The van der Waals surface area contributed by atoms with E-state index in [1.165, 1.54) is 18.2 Å². The Hall–Kier alpha value is -5.24. The van der Waals surface area contributed by atoms with Crippen molar-refractivity contribution in [2.24, 2.45) is 0 Å². The highest BCUT2D eigenvalue weighted by molar-refractivity contribution is 8.26. The average molecular weight is 774 g/mol. The monoisotopic (exact) mass is 774 g/mol. The summed E-state index contributed by atoms with van der Waals surface area (Å²) in [5.74, 6) is -51.6. The van der Waals surface area contributed by atoms with Gasteiger partial charge in [0.05, 0.1) is 15.9 Å². The van der Waals surface area contributed by atoms with Crippen LogP contribution in [0, 0.1) is 87.3 Å². The Morgan fingerprint density at radius 2 is 0.415 bits per heavy atom. The van der Waals surface area contributed by atoms with Gasteiger partial charge in [0.15, 0.2) is 52.4 Å². The van der Waals surface area contributed by atoms with Crippen LogP contribution in [-0.2, 0) is 0 Å². The molecule has 17 heteroatoms. The molecule has 6 aromatic carbocycles. The predicted octanol–water partition coefficient (Wildman–Crippen LogP) is 7.73. The molecule has 0 fully saturated rings. The molecule has 0 N–H and O–H groups in total. The highest BCUT2D eigenvalue weighted by Gasteiger charge is 2.67. The Morgan fingerprint density at radius 1 is 0.245 bits per heavy atom. The normalized spacial score (nSPS) is 12.1. The summed E-state index contributed by atoms with van der Waals surface area (Å²) < 4.78 is 238. The van der Waals surface area contributed by atoms with Crippen molar-refractivity contribution in [2.75, 3.05) is 0 Å². The quantitative estimate of drug-likeness (QED) is 0.0513. The fraction of sp³-hybridized carbons (Fsp3) is 0. The van der Waals surface area contributed by atoms with Crippen LogP contribution >= 0.6 is 7.14 Å². The molecule has 6 aromatic rings. The molecule has 0 radical (unpaired) electrons. The summed E-state index contributed by atoms with van der Waals surface area (Å²) in [7, 11) is -5.53. The van der Waals surface area contributed by atoms with Crippen LogP contribution in [0.5, 0.6) is 0 Å². The van der Waals surface area contributed by atoms with E-state index in [2.05, 4.69) is 0 Å². The number of halogens is 15. The van der Waals surface area contributed by atoms with Gasteiger partial charge in [-0.25, -0.2) is 65.9 Å². The molecule has 0 atom stereocenters. The minimum Gasteiger partial charge on any atom is -0.207 e. The fourth-order valence-electron chi connectivity index (χ4n) is 7.09. The molecular formula is C36H15BF15P. The molecule has 272 valence electrons. The maximum absolute atomic E-state index is 16.7. The van der Waals surface area contributed by atoms with Crippen LogP contribution in [0.25, 0.3) is 0 Å². The van der Waals surface area contributed by atoms with Crippen molar-refractivity contribution in [1.82, 2.24) is 0 Å². The van der Waals surface area contributed by atoms with Crippen molar-refractivity contribution in [1.29, 1.82) is 0 Å². The first-order chi connectivity index (χ1) is 25.1. The first kappa shape index (κ1) is 37.5. The zero-order valence-corrected chi connectivity index (χ0v) is 26.7. The van der Waals surface area contributed by atoms with Crippen LogP contribution in [0.3, 0.4) is 0 Å². The van der Waals surface area contributed by atoms with Gasteiger partial charge in [0, 0.05) is 0 Å². The maximum atomic E-state index is 16.7. The van der Waals surface area contributed by atoms with E-state index in [1.54, 1.807) is 0 Å². The Bertz CT molecular complexity index is 2060. The molecule has 0 bridgehead atoms. The summed E-state index contributed by atoms with van der Waals surface area (Å²) >= 11 is 0. The topological polar surface area (TPSA) is 0 Å². The molecular weight excluding hydrogens is 759 g/mol. The summed E-state index contributed by atoms with van der Waals surface area (Å²) in [5.41, 5.74) is -7.96. The van der Waals surface area contributed by atoms with E-state index in [9.17, 15) is 13.2 Å². The molecule has 53 heavy (non-hydrogen) atoms. The fourth-order valence-corrected chi connectivity index (χ4v) is 13.1.